The number of nitrogens with two attached hydrogens (primary N) is 1. The van der Waals surface area contributed by atoms with E-state index in [1.165, 1.54) is 5.56 Å². The van der Waals surface area contributed by atoms with E-state index in [9.17, 15) is 9.59 Å². The number of carboxylic acids is 1. The van der Waals surface area contributed by atoms with Gasteiger partial charge in [0.2, 0.25) is 5.88 Å². The van der Waals surface area contributed by atoms with Crippen LogP contribution in [0.4, 0.5) is 11.5 Å². The minimum atomic E-state index is -0.709. The highest BCUT2D eigenvalue weighted by Gasteiger charge is 2.30. The molecule has 36 heavy (non-hydrogen) atoms. The lowest BCUT2D eigenvalue weighted by molar-refractivity contribution is -0.138. The smallest absolute Gasteiger partial charge is 0.303 e. The van der Waals surface area contributed by atoms with Crippen molar-refractivity contribution in [2.45, 2.75) is 77.6 Å². The van der Waals surface area contributed by atoms with E-state index in [4.69, 9.17) is 15.6 Å². The van der Waals surface area contributed by atoms with Crippen LogP contribution in [0.3, 0.4) is 0 Å². The summed E-state index contributed by atoms with van der Waals surface area (Å²) in [5.74, 6) is 1.50. The van der Waals surface area contributed by atoms with Gasteiger partial charge in [0, 0.05) is 18.5 Å². The Labute approximate surface area is 213 Å². The summed E-state index contributed by atoms with van der Waals surface area (Å²) in [6.07, 6.45) is 8.09. The van der Waals surface area contributed by atoms with Gasteiger partial charge in [0.1, 0.15) is 23.8 Å². The number of benzene rings is 1. The zero-order valence-electron chi connectivity index (χ0n) is 21.4. The molecule has 2 aromatic rings. The molecule has 0 spiro atoms. The van der Waals surface area contributed by atoms with Crippen molar-refractivity contribution in [2.24, 2.45) is 11.8 Å². The van der Waals surface area contributed by atoms with E-state index in [0.29, 0.717) is 37.2 Å². The van der Waals surface area contributed by atoms with Gasteiger partial charge in [-0.3, -0.25) is 9.59 Å². The Kier molecular flexibility index (Phi) is 8.44. The molecule has 194 valence electrons. The number of hydrogen-bond donors (Lipinski definition) is 2. The summed E-state index contributed by atoms with van der Waals surface area (Å²) < 4.78 is 5.86. The van der Waals surface area contributed by atoms with E-state index in [1.54, 1.807) is 4.90 Å². The average Bonchev–Trinajstić information content (AvgIpc) is 3.01. The molecule has 8 heteroatoms. The zero-order valence-corrected chi connectivity index (χ0v) is 21.4. The standard InChI is InChI=1S/C28H38N4O4/c1-18(2)5-3-4-6-23-30-26(29)25-27(31-23)36-16-15-32(28(25)35)22-13-11-21(12-14-22)20-9-7-19(8-10-20)17-24(33)34/h11-14,18-20H,3-10,15-17H2,1-2H3,(H,33,34)(H2,29,30,31)/t19-,20-. The Morgan fingerprint density at radius 3 is 2.53 bits per heavy atom. The third-order valence-corrected chi connectivity index (χ3v) is 7.38. The lowest BCUT2D eigenvalue weighted by atomic mass is 9.77. The number of carboxylic acid groups (broad SMARTS) is 1. The van der Waals surface area contributed by atoms with E-state index < -0.39 is 5.97 Å². The highest BCUT2D eigenvalue weighted by Crippen LogP contribution is 2.38. The number of aryl methyl sites for hydroxylation is 1. The summed E-state index contributed by atoms with van der Waals surface area (Å²) >= 11 is 0. The molecule has 1 amide bonds. The molecule has 8 nitrogen and oxygen atoms in total. The summed E-state index contributed by atoms with van der Waals surface area (Å²) in [4.78, 5) is 35.1. The molecule has 1 aromatic heterocycles. The first-order valence-electron chi connectivity index (χ1n) is 13.2. The summed E-state index contributed by atoms with van der Waals surface area (Å²) in [6.45, 7) is 5.16. The number of ether oxygens (including phenoxy) is 1. The molecule has 0 bridgehead atoms. The second-order valence-electron chi connectivity index (χ2n) is 10.6. The minimum Gasteiger partial charge on any atom is -0.481 e. The molecule has 0 unspecified atom stereocenters. The third kappa shape index (κ3) is 6.33. The van der Waals surface area contributed by atoms with Crippen LogP contribution >= 0.6 is 0 Å². The Hall–Kier alpha value is -3.16. The van der Waals surface area contributed by atoms with Crippen molar-refractivity contribution in [3.8, 4) is 5.88 Å². The van der Waals surface area contributed by atoms with E-state index in [0.717, 1.165) is 50.6 Å². The predicted molar refractivity (Wildman–Crippen MR) is 139 cm³/mol. The first kappa shape index (κ1) is 25.9. The van der Waals surface area contributed by atoms with Crippen molar-refractivity contribution in [3.63, 3.8) is 0 Å². The lowest BCUT2D eigenvalue weighted by Crippen LogP contribution is -2.32. The molecule has 1 aromatic carbocycles. The molecular formula is C28H38N4O4. The molecule has 1 fully saturated rings. The van der Waals surface area contributed by atoms with Crippen molar-refractivity contribution in [2.75, 3.05) is 23.8 Å². The van der Waals surface area contributed by atoms with Crippen LogP contribution in [0.1, 0.15) is 92.9 Å². The number of nitrogens with zero attached hydrogens (tertiary/aromatic N) is 3. The van der Waals surface area contributed by atoms with Gasteiger partial charge in [-0.05, 0) is 67.6 Å². The van der Waals surface area contributed by atoms with E-state index >= 15 is 0 Å². The number of aliphatic carboxylic acids is 1. The fraction of sp³-hybridized carbons (Fsp3) is 0.571. The van der Waals surface area contributed by atoms with Crippen LogP contribution in [0.25, 0.3) is 0 Å². The van der Waals surface area contributed by atoms with Crippen molar-refractivity contribution in [1.82, 2.24) is 9.97 Å². The molecule has 1 aliphatic carbocycles. The van der Waals surface area contributed by atoms with Crippen molar-refractivity contribution >= 4 is 23.4 Å². The molecule has 0 atom stereocenters. The van der Waals surface area contributed by atoms with Gasteiger partial charge in [-0.15, -0.1) is 0 Å². The quantitative estimate of drug-likeness (QED) is 0.459. The summed E-state index contributed by atoms with van der Waals surface area (Å²) in [5.41, 5.74) is 8.50. The zero-order chi connectivity index (χ0) is 25.7. The average molecular weight is 495 g/mol. The lowest BCUT2D eigenvalue weighted by Gasteiger charge is -2.28. The van der Waals surface area contributed by atoms with Gasteiger partial charge in [-0.25, -0.2) is 4.98 Å². The number of nitrogen functional groups attached to an aromatic ring is 1. The maximum atomic E-state index is 13.5. The predicted octanol–water partition coefficient (Wildman–Crippen LogP) is 5.22. The van der Waals surface area contributed by atoms with Gasteiger partial charge in [0.05, 0.1) is 6.54 Å². The fourth-order valence-corrected chi connectivity index (χ4v) is 5.35. The van der Waals surface area contributed by atoms with Crippen molar-refractivity contribution in [1.29, 1.82) is 0 Å². The van der Waals surface area contributed by atoms with Gasteiger partial charge in [-0.1, -0.05) is 38.8 Å². The molecule has 2 aliphatic rings. The first-order valence-corrected chi connectivity index (χ1v) is 13.2. The van der Waals surface area contributed by atoms with Crippen LogP contribution in [0.15, 0.2) is 24.3 Å². The SMILES string of the molecule is CC(C)CCCCc1nc(N)c2c(n1)OCCN(c1ccc([C@H]3CC[C@H](CC(=O)O)CC3)cc1)C2=O. The monoisotopic (exact) mass is 494 g/mol. The van der Waals surface area contributed by atoms with Gasteiger partial charge in [0.15, 0.2) is 0 Å². The number of hydrogen-bond acceptors (Lipinski definition) is 6. The van der Waals surface area contributed by atoms with E-state index in [2.05, 4.69) is 35.9 Å². The number of unbranched alkanes of at least 4 members (excludes halogenated alkanes) is 1. The molecule has 3 N–H and O–H groups in total. The second-order valence-corrected chi connectivity index (χ2v) is 10.6. The number of fused-ring (bicyclic) bond motifs is 1. The van der Waals surface area contributed by atoms with Crippen molar-refractivity contribution in [3.05, 3.63) is 41.2 Å². The second kappa shape index (κ2) is 11.7. The normalized spacial score (nSPS) is 20.1. The highest BCUT2D eigenvalue weighted by atomic mass is 16.5. The molecule has 0 radical (unpaired) electrons. The highest BCUT2D eigenvalue weighted by molar-refractivity contribution is 6.10. The van der Waals surface area contributed by atoms with Crippen molar-refractivity contribution < 1.29 is 19.4 Å². The number of amides is 1. The molecule has 1 saturated carbocycles. The van der Waals surface area contributed by atoms with Gasteiger partial charge in [-0.2, -0.15) is 4.98 Å². The number of aromatic nitrogens is 2. The first-order chi connectivity index (χ1) is 17.3. The number of carbonyl (C=O) groups excluding carboxylic acids is 1. The molecule has 2 heterocycles. The van der Waals surface area contributed by atoms with E-state index in [-0.39, 0.29) is 35.5 Å². The van der Waals surface area contributed by atoms with E-state index in [1.807, 2.05) is 12.1 Å². The van der Waals surface area contributed by atoms with Gasteiger partial charge >= 0.3 is 5.97 Å². The van der Waals surface area contributed by atoms with Crippen LogP contribution < -0.4 is 15.4 Å². The Morgan fingerprint density at radius 2 is 1.86 bits per heavy atom. The summed E-state index contributed by atoms with van der Waals surface area (Å²) in [5, 5.41) is 9.04. The topological polar surface area (TPSA) is 119 Å². The van der Waals surface area contributed by atoms with Gasteiger partial charge in [0.25, 0.3) is 5.91 Å². The molecule has 0 saturated heterocycles. The van der Waals surface area contributed by atoms with Crippen LogP contribution in [-0.2, 0) is 11.2 Å². The Morgan fingerprint density at radius 1 is 1.14 bits per heavy atom. The number of anilines is 2. The number of carbonyl (C=O) groups is 2. The Bertz CT molecular complexity index is 1060. The number of rotatable bonds is 9. The molecule has 4 rings (SSSR count). The Balaban J connectivity index is 1.42. The van der Waals surface area contributed by atoms with Crippen LogP contribution in [0, 0.1) is 11.8 Å². The maximum absolute atomic E-state index is 13.5. The summed E-state index contributed by atoms with van der Waals surface area (Å²) in [6, 6.07) is 8.11. The van der Waals surface area contributed by atoms with Crippen LogP contribution in [0.2, 0.25) is 0 Å². The molecule has 1 aliphatic heterocycles. The fourth-order valence-electron chi connectivity index (χ4n) is 5.35. The van der Waals surface area contributed by atoms with Crippen LogP contribution in [-0.4, -0.2) is 40.1 Å². The summed E-state index contributed by atoms with van der Waals surface area (Å²) in [7, 11) is 0. The largest absolute Gasteiger partial charge is 0.481 e. The third-order valence-electron chi connectivity index (χ3n) is 7.38. The minimum absolute atomic E-state index is 0.172. The maximum Gasteiger partial charge on any atom is 0.303 e. The van der Waals surface area contributed by atoms with Gasteiger partial charge < -0.3 is 20.5 Å². The van der Waals surface area contributed by atoms with Crippen LogP contribution in [0.5, 0.6) is 5.88 Å². The molecular weight excluding hydrogens is 456 g/mol.